The number of amides is 2. The highest BCUT2D eigenvalue weighted by molar-refractivity contribution is 6.24. The number of carbonyl (C=O) groups is 2. The summed E-state index contributed by atoms with van der Waals surface area (Å²) in [5.74, 6) is -1.49. The molecule has 0 aliphatic carbocycles. The maximum absolute atomic E-state index is 13.6. The van der Waals surface area contributed by atoms with Crippen LogP contribution in [-0.4, -0.2) is 30.0 Å². The molecule has 9 heteroatoms. The van der Waals surface area contributed by atoms with E-state index < -0.39 is 34.8 Å². The Morgan fingerprint density at radius 3 is 2.33 bits per heavy atom. The summed E-state index contributed by atoms with van der Waals surface area (Å²) in [6, 6.07) is 20.9. The molecule has 2 amide bonds. The van der Waals surface area contributed by atoms with Crippen LogP contribution >= 0.6 is 0 Å². The van der Waals surface area contributed by atoms with Crippen molar-refractivity contribution in [2.75, 3.05) is 17.1 Å². The molecular formula is C24H19N3O6. The molecule has 0 saturated carbocycles. The minimum absolute atomic E-state index is 0.146. The predicted octanol–water partition coefficient (Wildman–Crippen LogP) is 3.65. The summed E-state index contributed by atoms with van der Waals surface area (Å²) in [6.45, 7) is 0. The highest BCUT2D eigenvalue weighted by Gasteiger charge is 2.61. The molecule has 3 aromatic rings. The Morgan fingerprint density at radius 2 is 1.61 bits per heavy atom. The third-order valence-corrected chi connectivity index (χ3v) is 5.89. The number of fused-ring (bicyclic) bond motifs is 1. The molecule has 5 rings (SSSR count). The first kappa shape index (κ1) is 20.7. The van der Waals surface area contributed by atoms with Crippen molar-refractivity contribution in [2.24, 2.45) is 5.92 Å². The number of hydroxylamine groups is 1. The molecule has 33 heavy (non-hydrogen) atoms. The van der Waals surface area contributed by atoms with E-state index in [2.05, 4.69) is 0 Å². The van der Waals surface area contributed by atoms with Gasteiger partial charge in [0, 0.05) is 12.1 Å². The number of rotatable bonds is 5. The van der Waals surface area contributed by atoms with Gasteiger partial charge in [-0.05, 0) is 30.3 Å². The Balaban J connectivity index is 1.63. The van der Waals surface area contributed by atoms with E-state index in [0.717, 1.165) is 4.90 Å². The molecule has 3 aromatic carbocycles. The Kier molecular flexibility index (Phi) is 5.02. The molecule has 166 valence electrons. The average molecular weight is 445 g/mol. The van der Waals surface area contributed by atoms with E-state index in [4.69, 9.17) is 9.57 Å². The van der Waals surface area contributed by atoms with E-state index in [0.29, 0.717) is 22.7 Å². The summed E-state index contributed by atoms with van der Waals surface area (Å²) in [7, 11) is 1.49. The molecule has 9 nitrogen and oxygen atoms in total. The van der Waals surface area contributed by atoms with Crippen LogP contribution in [0, 0.1) is 16.0 Å². The van der Waals surface area contributed by atoms with Crippen LogP contribution in [0.5, 0.6) is 5.75 Å². The van der Waals surface area contributed by atoms with Crippen LogP contribution in [-0.2, 0) is 14.4 Å². The van der Waals surface area contributed by atoms with Gasteiger partial charge in [-0.25, -0.2) is 9.96 Å². The second kappa shape index (κ2) is 8.03. The number of anilines is 2. The zero-order valence-corrected chi connectivity index (χ0v) is 17.5. The Morgan fingerprint density at radius 1 is 0.909 bits per heavy atom. The minimum atomic E-state index is -1.12. The van der Waals surface area contributed by atoms with Gasteiger partial charge in [0.15, 0.2) is 6.10 Å². The van der Waals surface area contributed by atoms with E-state index in [9.17, 15) is 19.7 Å². The van der Waals surface area contributed by atoms with Crippen molar-refractivity contribution in [1.82, 2.24) is 0 Å². The standard InChI is InChI=1S/C24H19N3O6/c1-32-17-11-7-10-16(14-17)25-23(28)20-21(18-12-5-6-13-19(18)27(30)31)26(33-22(20)24(25)29)15-8-3-2-4-9-15/h2-14,20-22H,1H3/t20-,21+,22-/m1/s1. The minimum Gasteiger partial charge on any atom is -0.497 e. The van der Waals surface area contributed by atoms with Crippen molar-refractivity contribution in [3.8, 4) is 5.75 Å². The van der Waals surface area contributed by atoms with Gasteiger partial charge in [-0.15, -0.1) is 0 Å². The lowest BCUT2D eigenvalue weighted by Gasteiger charge is -2.28. The SMILES string of the molecule is COc1cccc(N2C(=O)[C@H]3[C@@H](ON(c4ccccc4)[C@H]3c3ccccc3[N+](=O)[O-])C2=O)c1. The molecular weight excluding hydrogens is 426 g/mol. The van der Waals surface area contributed by atoms with Gasteiger partial charge in [0.1, 0.15) is 17.7 Å². The zero-order valence-electron chi connectivity index (χ0n) is 17.5. The normalized spacial score (nSPS) is 21.9. The second-order valence-electron chi connectivity index (χ2n) is 7.69. The third-order valence-electron chi connectivity index (χ3n) is 5.89. The molecule has 0 radical (unpaired) electrons. The number of imide groups is 1. The van der Waals surface area contributed by atoms with Gasteiger partial charge in [-0.1, -0.05) is 36.4 Å². The molecule has 3 atom stereocenters. The summed E-state index contributed by atoms with van der Waals surface area (Å²) in [4.78, 5) is 45.4. The summed E-state index contributed by atoms with van der Waals surface area (Å²) < 4.78 is 5.22. The molecule has 2 saturated heterocycles. The number of nitro benzene ring substituents is 1. The highest BCUT2D eigenvalue weighted by atomic mass is 16.7. The Bertz CT molecular complexity index is 1250. The van der Waals surface area contributed by atoms with Crippen LogP contribution in [0.2, 0.25) is 0 Å². The van der Waals surface area contributed by atoms with Crippen molar-refractivity contribution >= 4 is 28.9 Å². The van der Waals surface area contributed by atoms with Crippen LogP contribution in [0.1, 0.15) is 11.6 Å². The third kappa shape index (κ3) is 3.30. The van der Waals surface area contributed by atoms with E-state index >= 15 is 0 Å². The van der Waals surface area contributed by atoms with Crippen LogP contribution in [0.3, 0.4) is 0 Å². The number of benzene rings is 3. The van der Waals surface area contributed by atoms with Gasteiger partial charge in [-0.3, -0.25) is 24.5 Å². The van der Waals surface area contributed by atoms with E-state index in [-0.39, 0.29) is 5.69 Å². The number of carbonyl (C=O) groups excluding carboxylic acids is 2. The zero-order chi connectivity index (χ0) is 23.1. The van der Waals surface area contributed by atoms with Crippen LogP contribution in [0.4, 0.5) is 17.1 Å². The van der Waals surface area contributed by atoms with Crippen molar-refractivity contribution in [2.45, 2.75) is 12.1 Å². The molecule has 0 aromatic heterocycles. The summed E-state index contributed by atoms with van der Waals surface area (Å²) in [6.07, 6.45) is -1.12. The van der Waals surface area contributed by atoms with Gasteiger partial charge in [0.25, 0.3) is 11.6 Å². The highest BCUT2D eigenvalue weighted by Crippen LogP contribution is 2.49. The molecule has 2 aliphatic rings. The number of hydrogen-bond acceptors (Lipinski definition) is 7. The molecule has 2 fully saturated rings. The Labute approximate surface area is 188 Å². The van der Waals surface area contributed by atoms with E-state index in [1.807, 2.05) is 6.07 Å². The van der Waals surface area contributed by atoms with Gasteiger partial charge in [-0.2, -0.15) is 0 Å². The molecule has 0 N–H and O–H groups in total. The first-order chi connectivity index (χ1) is 16.0. The van der Waals surface area contributed by atoms with Crippen LogP contribution < -0.4 is 14.7 Å². The largest absolute Gasteiger partial charge is 0.497 e. The fourth-order valence-corrected chi connectivity index (χ4v) is 4.44. The summed E-state index contributed by atoms with van der Waals surface area (Å²) in [5.41, 5.74) is 1.10. The lowest BCUT2D eigenvalue weighted by Crippen LogP contribution is -2.37. The fraction of sp³-hybridized carbons (Fsp3) is 0.167. The molecule has 0 bridgehead atoms. The monoisotopic (exact) mass is 445 g/mol. The van der Waals surface area contributed by atoms with Gasteiger partial charge in [0.2, 0.25) is 5.91 Å². The number of nitro groups is 1. The number of hydrogen-bond donors (Lipinski definition) is 0. The number of ether oxygens (including phenoxy) is 1. The average Bonchev–Trinajstić information content (AvgIpc) is 3.35. The van der Waals surface area contributed by atoms with Crippen LogP contribution in [0.25, 0.3) is 0 Å². The maximum atomic E-state index is 13.6. The van der Waals surface area contributed by atoms with Gasteiger partial charge < -0.3 is 4.74 Å². The number of para-hydroxylation sites is 2. The number of methoxy groups -OCH3 is 1. The Hall–Kier alpha value is -4.24. The van der Waals surface area contributed by atoms with Crippen molar-refractivity contribution < 1.29 is 24.1 Å². The lowest BCUT2D eigenvalue weighted by atomic mass is 9.89. The summed E-state index contributed by atoms with van der Waals surface area (Å²) in [5, 5.41) is 13.2. The quantitative estimate of drug-likeness (QED) is 0.336. The van der Waals surface area contributed by atoms with Crippen molar-refractivity contribution in [1.29, 1.82) is 0 Å². The van der Waals surface area contributed by atoms with E-state index in [1.54, 1.807) is 66.7 Å². The first-order valence-electron chi connectivity index (χ1n) is 10.3. The molecule has 2 heterocycles. The van der Waals surface area contributed by atoms with Gasteiger partial charge >= 0.3 is 0 Å². The smallest absolute Gasteiger partial charge is 0.274 e. The van der Waals surface area contributed by atoms with Crippen LogP contribution in [0.15, 0.2) is 78.9 Å². The van der Waals surface area contributed by atoms with E-state index in [1.165, 1.54) is 18.2 Å². The van der Waals surface area contributed by atoms with Crippen molar-refractivity contribution in [3.05, 3.63) is 94.5 Å². The van der Waals surface area contributed by atoms with Crippen molar-refractivity contribution in [3.63, 3.8) is 0 Å². The number of nitrogens with zero attached hydrogens (tertiary/aromatic N) is 3. The maximum Gasteiger partial charge on any atom is 0.274 e. The topological polar surface area (TPSA) is 102 Å². The second-order valence-corrected chi connectivity index (χ2v) is 7.69. The first-order valence-corrected chi connectivity index (χ1v) is 10.3. The van der Waals surface area contributed by atoms with Gasteiger partial charge in [0.05, 0.1) is 29.0 Å². The fourth-order valence-electron chi connectivity index (χ4n) is 4.44. The lowest BCUT2D eigenvalue weighted by molar-refractivity contribution is -0.385. The molecule has 0 unspecified atom stereocenters. The predicted molar refractivity (Wildman–Crippen MR) is 119 cm³/mol. The summed E-state index contributed by atoms with van der Waals surface area (Å²) >= 11 is 0. The molecule has 2 aliphatic heterocycles. The molecule has 0 spiro atoms.